The SMILES string of the molecule is Cc1nc(NCCN2CCCC2)c2nnn(Cc3ccccc3F)c2n1. The molecule has 1 N–H and O–H groups in total. The predicted octanol–water partition coefficient (Wildman–Crippen LogP) is 2.22. The highest BCUT2D eigenvalue weighted by molar-refractivity contribution is 5.82. The monoisotopic (exact) mass is 355 g/mol. The highest BCUT2D eigenvalue weighted by atomic mass is 19.1. The fourth-order valence-electron chi connectivity index (χ4n) is 3.32. The molecule has 1 fully saturated rings. The van der Waals surface area contributed by atoms with E-state index in [1.165, 1.54) is 32.0 Å². The number of rotatable bonds is 6. The summed E-state index contributed by atoms with van der Waals surface area (Å²) in [5, 5.41) is 11.8. The number of hydrogen-bond acceptors (Lipinski definition) is 6. The smallest absolute Gasteiger partial charge is 0.184 e. The molecule has 3 aromatic rings. The number of benzene rings is 1. The molecule has 1 aliphatic heterocycles. The number of halogens is 1. The Kier molecular flexibility index (Phi) is 4.75. The van der Waals surface area contributed by atoms with Gasteiger partial charge in [-0.05, 0) is 38.9 Å². The van der Waals surface area contributed by atoms with Crippen molar-refractivity contribution in [3.63, 3.8) is 0 Å². The fourth-order valence-corrected chi connectivity index (χ4v) is 3.32. The Balaban J connectivity index is 1.55. The molecular formula is C18H22FN7. The predicted molar refractivity (Wildman–Crippen MR) is 97.5 cm³/mol. The highest BCUT2D eigenvalue weighted by Gasteiger charge is 2.15. The summed E-state index contributed by atoms with van der Waals surface area (Å²) in [4.78, 5) is 11.4. The van der Waals surface area contributed by atoms with Crippen LogP contribution in [0.4, 0.5) is 10.2 Å². The van der Waals surface area contributed by atoms with Gasteiger partial charge >= 0.3 is 0 Å². The number of likely N-dealkylation sites (tertiary alicyclic amines) is 1. The number of aryl methyl sites for hydroxylation is 1. The van der Waals surface area contributed by atoms with E-state index in [-0.39, 0.29) is 12.4 Å². The first-order chi connectivity index (χ1) is 12.7. The minimum absolute atomic E-state index is 0.258. The quantitative estimate of drug-likeness (QED) is 0.731. The fraction of sp³-hybridized carbons (Fsp3) is 0.444. The van der Waals surface area contributed by atoms with E-state index >= 15 is 0 Å². The van der Waals surface area contributed by atoms with Crippen molar-refractivity contribution in [2.45, 2.75) is 26.3 Å². The molecule has 4 rings (SSSR count). The van der Waals surface area contributed by atoms with Crippen LogP contribution in [0.3, 0.4) is 0 Å². The van der Waals surface area contributed by atoms with Gasteiger partial charge in [0.25, 0.3) is 0 Å². The zero-order valence-electron chi connectivity index (χ0n) is 14.8. The van der Waals surface area contributed by atoms with Gasteiger partial charge in [-0.3, -0.25) is 0 Å². The molecule has 0 bridgehead atoms. The van der Waals surface area contributed by atoms with Crippen molar-refractivity contribution < 1.29 is 4.39 Å². The molecule has 7 nitrogen and oxygen atoms in total. The molecule has 3 heterocycles. The third-order valence-electron chi connectivity index (χ3n) is 4.67. The lowest BCUT2D eigenvalue weighted by Crippen LogP contribution is -2.26. The largest absolute Gasteiger partial charge is 0.367 e. The van der Waals surface area contributed by atoms with Gasteiger partial charge in [-0.15, -0.1) is 5.10 Å². The lowest BCUT2D eigenvalue weighted by atomic mass is 10.2. The van der Waals surface area contributed by atoms with Gasteiger partial charge < -0.3 is 10.2 Å². The van der Waals surface area contributed by atoms with Crippen LogP contribution in [0.15, 0.2) is 24.3 Å². The lowest BCUT2D eigenvalue weighted by molar-refractivity contribution is 0.352. The van der Waals surface area contributed by atoms with Crippen LogP contribution in [0.1, 0.15) is 24.2 Å². The number of anilines is 1. The molecule has 1 aromatic carbocycles. The van der Waals surface area contributed by atoms with Crippen molar-refractivity contribution in [2.75, 3.05) is 31.5 Å². The van der Waals surface area contributed by atoms with Gasteiger partial charge in [0.15, 0.2) is 17.0 Å². The lowest BCUT2D eigenvalue weighted by Gasteiger charge is -2.15. The first kappa shape index (κ1) is 16.8. The van der Waals surface area contributed by atoms with Crippen LogP contribution in [-0.4, -0.2) is 56.0 Å². The molecule has 1 saturated heterocycles. The number of nitrogens with one attached hydrogen (secondary N) is 1. The van der Waals surface area contributed by atoms with E-state index in [1.807, 2.05) is 13.0 Å². The van der Waals surface area contributed by atoms with Crippen molar-refractivity contribution in [3.8, 4) is 0 Å². The molecule has 0 radical (unpaired) electrons. The van der Waals surface area contributed by atoms with Crippen LogP contribution >= 0.6 is 0 Å². The Morgan fingerprint density at radius 1 is 1.15 bits per heavy atom. The first-order valence-corrected chi connectivity index (χ1v) is 8.98. The second-order valence-corrected chi connectivity index (χ2v) is 6.61. The minimum Gasteiger partial charge on any atom is -0.367 e. The molecule has 0 spiro atoms. The van der Waals surface area contributed by atoms with E-state index in [9.17, 15) is 4.39 Å². The summed E-state index contributed by atoms with van der Waals surface area (Å²) in [6, 6.07) is 6.67. The van der Waals surface area contributed by atoms with Crippen molar-refractivity contribution in [2.24, 2.45) is 0 Å². The molecule has 136 valence electrons. The second-order valence-electron chi connectivity index (χ2n) is 6.61. The van der Waals surface area contributed by atoms with Crippen molar-refractivity contribution in [1.29, 1.82) is 0 Å². The number of aromatic nitrogens is 5. The van der Waals surface area contributed by atoms with Crippen LogP contribution in [0.2, 0.25) is 0 Å². The summed E-state index contributed by atoms with van der Waals surface area (Å²) in [5.74, 6) is 1.07. The maximum Gasteiger partial charge on any atom is 0.184 e. The van der Waals surface area contributed by atoms with Crippen LogP contribution in [-0.2, 0) is 6.54 Å². The molecule has 1 aliphatic rings. The van der Waals surface area contributed by atoms with Gasteiger partial charge in [-0.25, -0.2) is 19.0 Å². The van der Waals surface area contributed by atoms with Crippen molar-refractivity contribution in [1.82, 2.24) is 29.9 Å². The summed E-state index contributed by atoms with van der Waals surface area (Å²) >= 11 is 0. The maximum atomic E-state index is 13.9. The average molecular weight is 355 g/mol. The van der Waals surface area contributed by atoms with Crippen LogP contribution in [0.25, 0.3) is 11.2 Å². The molecule has 8 heteroatoms. The van der Waals surface area contributed by atoms with Crippen LogP contribution in [0, 0.1) is 12.7 Å². The molecule has 0 atom stereocenters. The summed E-state index contributed by atoms with van der Waals surface area (Å²) < 4.78 is 15.6. The van der Waals surface area contributed by atoms with Gasteiger partial charge in [0.1, 0.15) is 11.6 Å². The van der Waals surface area contributed by atoms with E-state index in [1.54, 1.807) is 16.8 Å². The van der Waals surface area contributed by atoms with Crippen molar-refractivity contribution >= 4 is 17.0 Å². The summed E-state index contributed by atoms with van der Waals surface area (Å²) in [6.45, 7) is 6.23. The van der Waals surface area contributed by atoms with E-state index < -0.39 is 0 Å². The molecule has 0 saturated carbocycles. The second kappa shape index (κ2) is 7.33. The summed E-state index contributed by atoms with van der Waals surface area (Å²) in [6.07, 6.45) is 2.56. The van der Waals surface area contributed by atoms with Gasteiger partial charge in [-0.2, -0.15) is 0 Å². The minimum atomic E-state index is -0.258. The van der Waals surface area contributed by atoms with E-state index in [0.717, 1.165) is 13.1 Å². The molecule has 26 heavy (non-hydrogen) atoms. The Bertz CT molecular complexity index is 902. The Labute approximate surface area is 151 Å². The molecule has 0 aliphatic carbocycles. The zero-order valence-corrected chi connectivity index (χ0v) is 14.8. The maximum absolute atomic E-state index is 13.9. The Hall–Kier alpha value is -2.61. The normalized spacial score (nSPS) is 15.0. The van der Waals surface area contributed by atoms with Gasteiger partial charge in [-0.1, -0.05) is 23.4 Å². The number of hydrogen-bond donors (Lipinski definition) is 1. The van der Waals surface area contributed by atoms with E-state index in [2.05, 4.69) is 30.5 Å². The van der Waals surface area contributed by atoms with E-state index in [0.29, 0.717) is 28.4 Å². The average Bonchev–Trinajstić information content (AvgIpc) is 3.27. The number of fused-ring (bicyclic) bond motifs is 1. The summed E-state index contributed by atoms with van der Waals surface area (Å²) in [5.41, 5.74) is 1.79. The highest BCUT2D eigenvalue weighted by Crippen LogP contribution is 2.19. The Morgan fingerprint density at radius 2 is 1.96 bits per heavy atom. The molecule has 0 unspecified atom stereocenters. The molecular weight excluding hydrogens is 333 g/mol. The van der Waals surface area contributed by atoms with Crippen LogP contribution in [0.5, 0.6) is 0 Å². The first-order valence-electron chi connectivity index (χ1n) is 8.98. The van der Waals surface area contributed by atoms with Gasteiger partial charge in [0.2, 0.25) is 0 Å². The van der Waals surface area contributed by atoms with Gasteiger partial charge in [0.05, 0.1) is 6.54 Å². The summed E-state index contributed by atoms with van der Waals surface area (Å²) in [7, 11) is 0. The third-order valence-corrected chi connectivity index (χ3v) is 4.67. The molecule has 2 aromatic heterocycles. The van der Waals surface area contributed by atoms with Crippen molar-refractivity contribution in [3.05, 3.63) is 41.5 Å². The number of nitrogens with zero attached hydrogens (tertiary/aromatic N) is 6. The third kappa shape index (κ3) is 3.50. The Morgan fingerprint density at radius 3 is 2.77 bits per heavy atom. The molecule has 0 amide bonds. The van der Waals surface area contributed by atoms with Crippen LogP contribution < -0.4 is 5.32 Å². The van der Waals surface area contributed by atoms with E-state index in [4.69, 9.17) is 0 Å². The standard InChI is InChI=1S/C18H22FN7/c1-13-21-17(20-8-11-25-9-4-5-10-25)16-18(22-13)26(24-23-16)12-14-6-2-3-7-15(14)19/h2-3,6-7H,4-5,8-12H2,1H3,(H,20,21,22). The van der Waals surface area contributed by atoms with Gasteiger partial charge in [0, 0.05) is 18.7 Å². The topological polar surface area (TPSA) is 71.8 Å². The zero-order chi connectivity index (χ0) is 17.9.